The Morgan fingerprint density at radius 2 is 1.93 bits per heavy atom. The minimum atomic E-state index is 0.205. The first kappa shape index (κ1) is 19.5. The van der Waals surface area contributed by atoms with E-state index in [0.717, 1.165) is 28.1 Å². The molecule has 0 bridgehead atoms. The summed E-state index contributed by atoms with van der Waals surface area (Å²) in [6.45, 7) is 6.03. The number of benzene rings is 2. The summed E-state index contributed by atoms with van der Waals surface area (Å²) < 4.78 is 6.01. The maximum atomic E-state index is 9.63. The highest BCUT2D eigenvalue weighted by atomic mass is 35.5. The zero-order chi connectivity index (χ0) is 19.6. The van der Waals surface area contributed by atoms with E-state index in [1.807, 2.05) is 37.3 Å². The van der Waals surface area contributed by atoms with E-state index in [1.165, 1.54) is 0 Å². The summed E-state index contributed by atoms with van der Waals surface area (Å²) >= 11 is 12.3. The second-order valence-corrected chi connectivity index (χ2v) is 7.60. The van der Waals surface area contributed by atoms with Crippen LogP contribution in [-0.2, 0) is 6.42 Å². The summed E-state index contributed by atoms with van der Waals surface area (Å²) in [4.78, 5) is 4.67. The molecule has 0 radical (unpaired) electrons. The predicted octanol–water partition coefficient (Wildman–Crippen LogP) is 7.04. The molecular formula is C22H21Cl2NO2. The lowest BCUT2D eigenvalue weighted by atomic mass is 10.1. The monoisotopic (exact) mass is 401 g/mol. The van der Waals surface area contributed by atoms with Gasteiger partial charge in [0, 0.05) is 17.4 Å². The van der Waals surface area contributed by atoms with Crippen LogP contribution in [0.15, 0.2) is 46.9 Å². The summed E-state index contributed by atoms with van der Waals surface area (Å²) in [6, 6.07) is 10.8. The normalized spacial score (nSPS) is 11.6. The minimum Gasteiger partial charge on any atom is -0.508 e. The Hall–Kier alpha value is -2.23. The Kier molecular flexibility index (Phi) is 5.93. The molecule has 2 aromatic carbocycles. The van der Waals surface area contributed by atoms with Crippen LogP contribution in [0.5, 0.6) is 5.75 Å². The summed E-state index contributed by atoms with van der Waals surface area (Å²) in [5.41, 5.74) is 3.49. The van der Waals surface area contributed by atoms with Crippen LogP contribution < -0.4 is 0 Å². The SMILES string of the molecule is Cc1cc(/C=C/Cc2nc(-c3ccc(Cl)cc3Cl)oc2C(C)C)ccc1O. The smallest absolute Gasteiger partial charge is 0.228 e. The highest BCUT2D eigenvalue weighted by Crippen LogP contribution is 2.33. The average molecular weight is 402 g/mol. The van der Waals surface area contributed by atoms with Crippen molar-refractivity contribution >= 4 is 29.3 Å². The highest BCUT2D eigenvalue weighted by molar-refractivity contribution is 6.36. The van der Waals surface area contributed by atoms with E-state index in [-0.39, 0.29) is 5.92 Å². The molecule has 0 spiro atoms. The number of rotatable bonds is 5. The topological polar surface area (TPSA) is 46.3 Å². The Morgan fingerprint density at radius 3 is 2.59 bits per heavy atom. The fourth-order valence-corrected chi connectivity index (χ4v) is 3.32. The van der Waals surface area contributed by atoms with E-state index in [4.69, 9.17) is 27.6 Å². The van der Waals surface area contributed by atoms with Crippen molar-refractivity contribution in [3.05, 3.63) is 75.1 Å². The number of nitrogens with zero attached hydrogens (tertiary/aromatic N) is 1. The molecule has 0 amide bonds. The molecule has 0 aliphatic carbocycles. The van der Waals surface area contributed by atoms with Crippen LogP contribution in [0, 0.1) is 6.92 Å². The molecule has 1 heterocycles. The number of oxazole rings is 1. The van der Waals surface area contributed by atoms with E-state index in [0.29, 0.717) is 28.1 Å². The fraction of sp³-hybridized carbons (Fsp3) is 0.227. The van der Waals surface area contributed by atoms with E-state index in [2.05, 4.69) is 18.8 Å². The highest BCUT2D eigenvalue weighted by Gasteiger charge is 2.18. The number of aryl methyl sites for hydroxylation is 1. The van der Waals surface area contributed by atoms with Gasteiger partial charge in [0.1, 0.15) is 11.5 Å². The van der Waals surface area contributed by atoms with Crippen LogP contribution in [-0.4, -0.2) is 10.1 Å². The number of hydrogen-bond acceptors (Lipinski definition) is 3. The van der Waals surface area contributed by atoms with Crippen LogP contribution in [0.25, 0.3) is 17.5 Å². The molecule has 0 aliphatic rings. The first-order valence-electron chi connectivity index (χ1n) is 8.76. The number of phenols is 1. The lowest BCUT2D eigenvalue weighted by Crippen LogP contribution is -1.92. The van der Waals surface area contributed by atoms with Crippen molar-refractivity contribution in [2.24, 2.45) is 0 Å². The van der Waals surface area contributed by atoms with Gasteiger partial charge >= 0.3 is 0 Å². The molecule has 3 rings (SSSR count). The van der Waals surface area contributed by atoms with Crippen LogP contribution in [0.3, 0.4) is 0 Å². The van der Waals surface area contributed by atoms with Crippen molar-refractivity contribution in [2.75, 3.05) is 0 Å². The zero-order valence-electron chi connectivity index (χ0n) is 15.5. The first-order chi connectivity index (χ1) is 12.8. The molecule has 27 heavy (non-hydrogen) atoms. The number of allylic oxidation sites excluding steroid dienone is 1. The Bertz CT molecular complexity index is 990. The molecule has 5 heteroatoms. The number of aromatic hydroxyl groups is 1. The van der Waals surface area contributed by atoms with Crippen molar-refractivity contribution in [3.63, 3.8) is 0 Å². The molecule has 3 nitrogen and oxygen atoms in total. The molecule has 140 valence electrons. The van der Waals surface area contributed by atoms with E-state index < -0.39 is 0 Å². The molecule has 0 fully saturated rings. The number of hydrogen-bond donors (Lipinski definition) is 1. The maximum Gasteiger partial charge on any atom is 0.228 e. The van der Waals surface area contributed by atoms with Gasteiger partial charge < -0.3 is 9.52 Å². The van der Waals surface area contributed by atoms with Gasteiger partial charge in [0.25, 0.3) is 0 Å². The van der Waals surface area contributed by atoms with Gasteiger partial charge in [-0.15, -0.1) is 0 Å². The summed E-state index contributed by atoms with van der Waals surface area (Å²) in [5, 5.41) is 10.7. The van der Waals surface area contributed by atoms with E-state index in [1.54, 1.807) is 18.2 Å². The van der Waals surface area contributed by atoms with E-state index >= 15 is 0 Å². The Balaban J connectivity index is 1.87. The maximum absolute atomic E-state index is 9.63. The molecular weight excluding hydrogens is 381 g/mol. The Morgan fingerprint density at radius 1 is 1.15 bits per heavy atom. The first-order valence-corrected chi connectivity index (χ1v) is 9.52. The van der Waals surface area contributed by atoms with Crippen molar-refractivity contribution in [2.45, 2.75) is 33.1 Å². The number of phenolic OH excluding ortho intramolecular Hbond substituents is 1. The van der Waals surface area contributed by atoms with Crippen LogP contribution in [0.2, 0.25) is 10.0 Å². The average Bonchev–Trinajstić information content (AvgIpc) is 3.02. The van der Waals surface area contributed by atoms with Crippen LogP contribution in [0.4, 0.5) is 0 Å². The fourth-order valence-electron chi connectivity index (χ4n) is 2.83. The van der Waals surface area contributed by atoms with Gasteiger partial charge in [-0.2, -0.15) is 0 Å². The van der Waals surface area contributed by atoms with Crippen LogP contribution in [0.1, 0.15) is 42.3 Å². The van der Waals surface area contributed by atoms with Crippen molar-refractivity contribution in [3.8, 4) is 17.2 Å². The molecule has 1 N–H and O–H groups in total. The molecule has 0 atom stereocenters. The lowest BCUT2D eigenvalue weighted by Gasteiger charge is -2.02. The second-order valence-electron chi connectivity index (χ2n) is 6.76. The van der Waals surface area contributed by atoms with Crippen molar-refractivity contribution in [1.29, 1.82) is 0 Å². The number of aromatic nitrogens is 1. The van der Waals surface area contributed by atoms with Crippen LogP contribution >= 0.6 is 23.2 Å². The van der Waals surface area contributed by atoms with E-state index in [9.17, 15) is 5.11 Å². The standard InChI is InChI=1S/C22H21Cl2NO2/c1-13(2)21-19(6-4-5-15-7-10-20(26)14(3)11-15)25-22(27-21)17-9-8-16(23)12-18(17)24/h4-5,7-13,26H,6H2,1-3H3/b5-4+. The molecule has 0 saturated carbocycles. The van der Waals surface area contributed by atoms with Crippen molar-refractivity contribution in [1.82, 2.24) is 4.98 Å². The molecule has 0 unspecified atom stereocenters. The summed E-state index contributed by atoms with van der Waals surface area (Å²) in [6.07, 6.45) is 4.70. The quantitative estimate of drug-likeness (QED) is 0.498. The zero-order valence-corrected chi connectivity index (χ0v) is 17.0. The summed E-state index contributed by atoms with van der Waals surface area (Å²) in [7, 11) is 0. The molecule has 0 aliphatic heterocycles. The van der Waals surface area contributed by atoms with Gasteiger partial charge in [0.15, 0.2) is 0 Å². The minimum absolute atomic E-state index is 0.205. The van der Waals surface area contributed by atoms with Gasteiger partial charge in [0.05, 0.1) is 16.3 Å². The largest absolute Gasteiger partial charge is 0.508 e. The van der Waals surface area contributed by atoms with Gasteiger partial charge in [-0.3, -0.25) is 0 Å². The van der Waals surface area contributed by atoms with Gasteiger partial charge in [0.2, 0.25) is 5.89 Å². The lowest BCUT2D eigenvalue weighted by molar-refractivity contribution is 0.471. The molecule has 0 saturated heterocycles. The van der Waals surface area contributed by atoms with Crippen molar-refractivity contribution < 1.29 is 9.52 Å². The third-order valence-electron chi connectivity index (χ3n) is 4.26. The third-order valence-corrected chi connectivity index (χ3v) is 4.80. The van der Waals surface area contributed by atoms with Gasteiger partial charge in [-0.25, -0.2) is 4.98 Å². The predicted molar refractivity (Wildman–Crippen MR) is 112 cm³/mol. The number of halogens is 2. The van der Waals surface area contributed by atoms with Gasteiger partial charge in [-0.1, -0.05) is 55.3 Å². The molecule has 1 aromatic heterocycles. The summed E-state index contributed by atoms with van der Waals surface area (Å²) in [5.74, 6) is 1.86. The third kappa shape index (κ3) is 4.55. The van der Waals surface area contributed by atoms with Gasteiger partial charge in [-0.05, 0) is 48.4 Å². The Labute approximate surface area is 169 Å². The molecule has 3 aromatic rings. The second kappa shape index (κ2) is 8.20.